The zero-order valence-electron chi connectivity index (χ0n) is 15.5. The fraction of sp³-hybridized carbons (Fsp3) is 0.500. The van der Waals surface area contributed by atoms with Crippen molar-refractivity contribution in [1.29, 1.82) is 0 Å². The first-order valence-corrected chi connectivity index (χ1v) is 9.19. The molecule has 1 atom stereocenters. The van der Waals surface area contributed by atoms with Crippen molar-refractivity contribution in [2.45, 2.75) is 18.7 Å². The smallest absolute Gasteiger partial charge is 0.417 e. The Bertz CT molecular complexity index is 868. The van der Waals surface area contributed by atoms with Crippen molar-refractivity contribution in [2.24, 2.45) is 0 Å². The molecule has 0 spiro atoms. The first kappa shape index (κ1) is 19.6. The monoisotopic (exact) mass is 411 g/mol. The number of anilines is 2. The van der Waals surface area contributed by atoms with Gasteiger partial charge in [-0.2, -0.15) is 18.2 Å². The van der Waals surface area contributed by atoms with Crippen LogP contribution in [0.4, 0.5) is 24.9 Å². The maximum atomic E-state index is 13.6. The molecule has 4 rings (SSSR count). The van der Waals surface area contributed by atoms with Crippen molar-refractivity contribution in [3.05, 3.63) is 23.9 Å². The number of alkyl halides is 3. The molecule has 2 aromatic heterocycles. The van der Waals surface area contributed by atoms with E-state index in [1.54, 1.807) is 0 Å². The highest BCUT2D eigenvalue weighted by molar-refractivity contribution is 5.67. The molecule has 2 aliphatic rings. The first-order valence-electron chi connectivity index (χ1n) is 9.19. The predicted octanol–water partition coefficient (Wildman–Crippen LogP) is 2.14. The Hall–Kier alpha value is -2.66. The molecule has 0 unspecified atom stereocenters. The van der Waals surface area contributed by atoms with Crippen LogP contribution in [0.2, 0.25) is 0 Å². The van der Waals surface area contributed by atoms with Crippen LogP contribution in [0.15, 0.2) is 18.3 Å². The van der Waals surface area contributed by atoms with Gasteiger partial charge in [-0.3, -0.25) is 0 Å². The van der Waals surface area contributed by atoms with Crippen LogP contribution in [0.3, 0.4) is 0 Å². The van der Waals surface area contributed by atoms with Gasteiger partial charge in [0, 0.05) is 37.3 Å². The van der Waals surface area contributed by atoms with Gasteiger partial charge in [0.05, 0.1) is 37.7 Å². The van der Waals surface area contributed by atoms with Crippen LogP contribution in [-0.4, -0.2) is 60.6 Å². The molecule has 2 saturated heterocycles. The highest BCUT2D eigenvalue weighted by atomic mass is 19.4. The van der Waals surface area contributed by atoms with Crippen LogP contribution in [-0.2, 0) is 15.7 Å². The van der Waals surface area contributed by atoms with E-state index in [0.717, 1.165) is 12.3 Å². The number of nitrogen functional groups attached to an aromatic ring is 1. The first-order chi connectivity index (χ1) is 13.9. The number of morpholine rings is 1. The van der Waals surface area contributed by atoms with Crippen LogP contribution in [0.5, 0.6) is 5.88 Å². The number of ether oxygens (including phenoxy) is 3. The van der Waals surface area contributed by atoms with Crippen molar-refractivity contribution in [2.75, 3.05) is 50.2 Å². The summed E-state index contributed by atoms with van der Waals surface area (Å²) in [6.07, 6.45) is -3.06. The minimum Gasteiger partial charge on any atom is -0.472 e. The molecule has 11 heteroatoms. The average Bonchev–Trinajstić information content (AvgIpc) is 3.21. The fourth-order valence-electron chi connectivity index (χ4n) is 3.20. The van der Waals surface area contributed by atoms with E-state index in [0.29, 0.717) is 45.9 Å². The number of hydrogen-bond acceptors (Lipinski definition) is 8. The number of aromatic nitrogens is 3. The van der Waals surface area contributed by atoms with E-state index in [4.69, 9.17) is 19.9 Å². The van der Waals surface area contributed by atoms with Crippen molar-refractivity contribution >= 4 is 11.8 Å². The molecule has 29 heavy (non-hydrogen) atoms. The van der Waals surface area contributed by atoms with Gasteiger partial charge in [0.1, 0.15) is 11.9 Å². The molecule has 0 saturated carbocycles. The summed E-state index contributed by atoms with van der Waals surface area (Å²) in [6.45, 7) is 3.00. The lowest BCUT2D eigenvalue weighted by Gasteiger charge is -2.27. The quantitative estimate of drug-likeness (QED) is 0.818. The zero-order valence-corrected chi connectivity index (χ0v) is 15.5. The van der Waals surface area contributed by atoms with Crippen molar-refractivity contribution in [3.8, 4) is 17.1 Å². The van der Waals surface area contributed by atoms with E-state index in [1.165, 1.54) is 6.07 Å². The molecule has 0 bridgehead atoms. The SMILES string of the molecule is Nc1cc(C(F)(F)F)c(-c2cc(O[C@@H]3CCOC3)nc(N3CCOCC3)n2)cn1. The van der Waals surface area contributed by atoms with Crippen LogP contribution in [0.1, 0.15) is 12.0 Å². The Morgan fingerprint density at radius 2 is 1.90 bits per heavy atom. The zero-order chi connectivity index (χ0) is 20.4. The number of hydrogen-bond donors (Lipinski definition) is 1. The van der Waals surface area contributed by atoms with Crippen LogP contribution < -0.4 is 15.4 Å². The largest absolute Gasteiger partial charge is 0.472 e. The summed E-state index contributed by atoms with van der Waals surface area (Å²) < 4.78 is 57.3. The van der Waals surface area contributed by atoms with Crippen molar-refractivity contribution in [3.63, 3.8) is 0 Å². The summed E-state index contributed by atoms with van der Waals surface area (Å²) in [4.78, 5) is 14.5. The Morgan fingerprint density at radius 3 is 2.59 bits per heavy atom. The minimum absolute atomic E-state index is 0.0650. The van der Waals surface area contributed by atoms with Gasteiger partial charge in [-0.25, -0.2) is 9.97 Å². The topological polar surface area (TPSA) is 95.6 Å². The van der Waals surface area contributed by atoms with Gasteiger partial charge in [-0.1, -0.05) is 0 Å². The number of nitrogens with two attached hydrogens (primary N) is 1. The number of pyridine rings is 1. The fourth-order valence-corrected chi connectivity index (χ4v) is 3.20. The van der Waals surface area contributed by atoms with Gasteiger partial charge < -0.3 is 24.8 Å². The lowest BCUT2D eigenvalue weighted by atomic mass is 10.1. The number of halogens is 3. The van der Waals surface area contributed by atoms with E-state index in [1.807, 2.05) is 4.90 Å². The third-order valence-electron chi connectivity index (χ3n) is 4.67. The molecular weight excluding hydrogens is 391 g/mol. The van der Waals surface area contributed by atoms with E-state index in [-0.39, 0.29) is 35.0 Å². The van der Waals surface area contributed by atoms with Crippen LogP contribution in [0, 0.1) is 0 Å². The number of nitrogens with zero attached hydrogens (tertiary/aromatic N) is 4. The van der Waals surface area contributed by atoms with Gasteiger partial charge in [-0.05, 0) is 6.07 Å². The molecule has 4 heterocycles. The highest BCUT2D eigenvalue weighted by Crippen LogP contribution is 2.38. The Morgan fingerprint density at radius 1 is 1.10 bits per heavy atom. The van der Waals surface area contributed by atoms with E-state index < -0.39 is 11.7 Å². The molecule has 2 aromatic rings. The Balaban J connectivity index is 1.77. The minimum atomic E-state index is -4.61. The second-order valence-electron chi connectivity index (χ2n) is 6.75. The Labute approximate surface area is 164 Å². The normalized spacial score (nSPS) is 20.1. The molecule has 156 valence electrons. The molecule has 0 aliphatic carbocycles. The third-order valence-corrected chi connectivity index (χ3v) is 4.67. The van der Waals surface area contributed by atoms with Crippen LogP contribution >= 0.6 is 0 Å². The van der Waals surface area contributed by atoms with E-state index >= 15 is 0 Å². The summed E-state index contributed by atoms with van der Waals surface area (Å²) in [5.74, 6) is 0.254. The molecule has 0 aromatic carbocycles. The average molecular weight is 411 g/mol. The van der Waals surface area contributed by atoms with Gasteiger partial charge in [-0.15, -0.1) is 0 Å². The summed E-state index contributed by atoms with van der Waals surface area (Å²) in [7, 11) is 0. The summed E-state index contributed by atoms with van der Waals surface area (Å²) in [5, 5.41) is 0. The maximum Gasteiger partial charge on any atom is 0.417 e. The number of rotatable bonds is 4. The molecule has 8 nitrogen and oxygen atoms in total. The lowest BCUT2D eigenvalue weighted by Crippen LogP contribution is -2.37. The summed E-state index contributed by atoms with van der Waals surface area (Å²) in [6, 6.07) is 2.20. The van der Waals surface area contributed by atoms with Gasteiger partial charge in [0.25, 0.3) is 0 Å². The molecule has 2 aliphatic heterocycles. The highest BCUT2D eigenvalue weighted by Gasteiger charge is 2.35. The molecule has 0 radical (unpaired) electrons. The second-order valence-corrected chi connectivity index (χ2v) is 6.75. The van der Waals surface area contributed by atoms with Crippen molar-refractivity contribution < 1.29 is 27.4 Å². The van der Waals surface area contributed by atoms with Gasteiger partial charge in [0.2, 0.25) is 11.8 Å². The van der Waals surface area contributed by atoms with Gasteiger partial charge >= 0.3 is 6.18 Å². The standard InChI is InChI=1S/C18H20F3N5O3/c19-18(20,21)13-7-15(22)23-9-12(13)14-8-16(29-11-1-4-28-10-11)25-17(24-14)26-2-5-27-6-3-26/h7-9,11H,1-6,10H2,(H2,22,23)/t11-/m1/s1. The van der Waals surface area contributed by atoms with E-state index in [2.05, 4.69) is 15.0 Å². The summed E-state index contributed by atoms with van der Waals surface area (Å²) in [5.41, 5.74) is 4.45. The lowest BCUT2D eigenvalue weighted by molar-refractivity contribution is -0.137. The molecular formula is C18H20F3N5O3. The van der Waals surface area contributed by atoms with Crippen LogP contribution in [0.25, 0.3) is 11.3 Å². The maximum absolute atomic E-state index is 13.6. The molecule has 2 fully saturated rings. The predicted molar refractivity (Wildman–Crippen MR) is 97.6 cm³/mol. The Kier molecular flexibility index (Phi) is 5.41. The second kappa shape index (κ2) is 7.99. The summed E-state index contributed by atoms with van der Waals surface area (Å²) >= 11 is 0. The van der Waals surface area contributed by atoms with E-state index in [9.17, 15) is 13.2 Å². The molecule has 2 N–H and O–H groups in total. The van der Waals surface area contributed by atoms with Crippen molar-refractivity contribution in [1.82, 2.24) is 15.0 Å². The third kappa shape index (κ3) is 4.51. The van der Waals surface area contributed by atoms with Gasteiger partial charge in [0.15, 0.2) is 0 Å². The molecule has 0 amide bonds.